The maximum atomic E-state index is 11.9. The van der Waals surface area contributed by atoms with E-state index in [-0.39, 0.29) is 17.7 Å². The predicted molar refractivity (Wildman–Crippen MR) is 89.5 cm³/mol. The second kappa shape index (κ2) is 10.4. The maximum absolute atomic E-state index is 11.9. The summed E-state index contributed by atoms with van der Waals surface area (Å²) in [5.74, 6) is -1.40. The number of nitrogens with zero attached hydrogens (tertiary/aromatic N) is 2. The molecule has 1 amide bonds. The summed E-state index contributed by atoms with van der Waals surface area (Å²) in [4.78, 5) is 32.2. The van der Waals surface area contributed by atoms with Crippen molar-refractivity contribution in [3.8, 4) is 6.07 Å². The van der Waals surface area contributed by atoms with Gasteiger partial charge in [0.15, 0.2) is 0 Å². The first-order valence-electron chi connectivity index (χ1n) is 7.55. The molecule has 0 spiro atoms. The molecule has 0 bridgehead atoms. The monoisotopic (exact) mass is 346 g/mol. The van der Waals surface area contributed by atoms with Gasteiger partial charge in [-0.2, -0.15) is 5.26 Å². The number of aliphatic carboxylic acids is 1. The van der Waals surface area contributed by atoms with Gasteiger partial charge in [-0.05, 0) is 25.0 Å². The van der Waals surface area contributed by atoms with Crippen LogP contribution in [0.25, 0.3) is 0 Å². The molecule has 0 aliphatic rings. The smallest absolute Gasteiger partial charge is 0.303 e. The fraction of sp³-hybridized carbons (Fsp3) is 0.312. The van der Waals surface area contributed by atoms with E-state index >= 15 is 0 Å². The second-order valence-electron chi connectivity index (χ2n) is 5.08. The van der Waals surface area contributed by atoms with E-state index in [0.29, 0.717) is 31.5 Å². The number of benzene rings is 1. The molecular weight excluding hydrogens is 328 g/mol. The molecule has 0 fully saturated rings. The molecule has 1 aromatic carbocycles. The highest BCUT2D eigenvalue weighted by molar-refractivity contribution is 5.97. The molecule has 0 saturated carbocycles. The number of unbranched alkanes of at least 4 members (excludes halogenated alkanes) is 2. The van der Waals surface area contributed by atoms with Crippen LogP contribution >= 0.6 is 0 Å². The summed E-state index contributed by atoms with van der Waals surface area (Å²) in [6.07, 6.45) is 3.14. The fourth-order valence-electron chi connectivity index (χ4n) is 1.86. The third-order valence-corrected chi connectivity index (χ3v) is 3.18. The number of nitriles is 1. The number of nitro groups is 1. The average Bonchev–Trinajstić information content (AvgIpc) is 2.58. The number of rotatable bonds is 10. The molecule has 25 heavy (non-hydrogen) atoms. The highest BCUT2D eigenvalue weighted by Crippen LogP contribution is 2.15. The molecule has 0 saturated heterocycles. The first-order chi connectivity index (χ1) is 11.9. The Morgan fingerprint density at radius 1 is 1.24 bits per heavy atom. The van der Waals surface area contributed by atoms with Crippen LogP contribution in [0.4, 0.5) is 11.4 Å². The van der Waals surface area contributed by atoms with Gasteiger partial charge in [0.1, 0.15) is 11.6 Å². The molecule has 1 rings (SSSR count). The highest BCUT2D eigenvalue weighted by atomic mass is 16.6. The third kappa shape index (κ3) is 7.60. The quantitative estimate of drug-likeness (QED) is 0.193. The summed E-state index contributed by atoms with van der Waals surface area (Å²) in [7, 11) is 0. The third-order valence-electron chi connectivity index (χ3n) is 3.18. The largest absolute Gasteiger partial charge is 0.481 e. The van der Waals surface area contributed by atoms with Crippen LogP contribution in [0.1, 0.15) is 25.7 Å². The first-order valence-corrected chi connectivity index (χ1v) is 7.55. The number of hydrogen-bond donors (Lipinski definition) is 3. The van der Waals surface area contributed by atoms with Crippen molar-refractivity contribution in [2.75, 3.05) is 11.9 Å². The van der Waals surface area contributed by atoms with Crippen molar-refractivity contribution in [1.29, 1.82) is 5.26 Å². The summed E-state index contributed by atoms with van der Waals surface area (Å²) in [6.45, 7) is 0.342. The predicted octanol–water partition coefficient (Wildman–Crippen LogP) is 2.18. The van der Waals surface area contributed by atoms with E-state index in [2.05, 4.69) is 10.6 Å². The molecule has 0 aliphatic heterocycles. The lowest BCUT2D eigenvalue weighted by Gasteiger charge is -2.05. The number of nitrogens with one attached hydrogen (secondary N) is 2. The van der Waals surface area contributed by atoms with E-state index in [1.807, 2.05) is 0 Å². The number of amides is 1. The number of carbonyl (C=O) groups is 2. The van der Waals surface area contributed by atoms with Crippen LogP contribution < -0.4 is 10.6 Å². The van der Waals surface area contributed by atoms with Crippen LogP contribution in [-0.2, 0) is 9.59 Å². The van der Waals surface area contributed by atoms with Gasteiger partial charge < -0.3 is 15.7 Å². The van der Waals surface area contributed by atoms with Crippen LogP contribution in [0.2, 0.25) is 0 Å². The first kappa shape index (κ1) is 19.6. The number of carboxylic acid groups (broad SMARTS) is 1. The molecule has 132 valence electrons. The number of non-ortho nitro benzene ring substituents is 1. The Balaban J connectivity index is 2.44. The van der Waals surface area contributed by atoms with E-state index in [1.165, 1.54) is 30.5 Å². The molecule has 0 aliphatic carbocycles. The van der Waals surface area contributed by atoms with E-state index in [4.69, 9.17) is 10.4 Å². The lowest BCUT2D eigenvalue weighted by Crippen LogP contribution is -2.26. The topological polar surface area (TPSA) is 145 Å². The Morgan fingerprint density at radius 3 is 2.48 bits per heavy atom. The summed E-state index contributed by atoms with van der Waals surface area (Å²) >= 11 is 0. The van der Waals surface area contributed by atoms with Crippen molar-refractivity contribution in [1.82, 2.24) is 5.32 Å². The molecule has 0 radical (unpaired) electrons. The minimum absolute atomic E-state index is 0.0596. The Labute approximate surface area is 144 Å². The molecule has 9 nitrogen and oxygen atoms in total. The van der Waals surface area contributed by atoms with Crippen molar-refractivity contribution in [2.24, 2.45) is 0 Å². The van der Waals surface area contributed by atoms with Gasteiger partial charge >= 0.3 is 5.97 Å². The Morgan fingerprint density at radius 2 is 1.92 bits per heavy atom. The minimum Gasteiger partial charge on any atom is -0.481 e. The van der Waals surface area contributed by atoms with Gasteiger partial charge in [-0.15, -0.1) is 0 Å². The van der Waals surface area contributed by atoms with Crippen molar-refractivity contribution >= 4 is 23.3 Å². The number of nitro benzene ring substituents is 1. The van der Waals surface area contributed by atoms with Gasteiger partial charge in [-0.25, -0.2) is 0 Å². The van der Waals surface area contributed by atoms with Crippen molar-refractivity contribution in [2.45, 2.75) is 25.7 Å². The lowest BCUT2D eigenvalue weighted by atomic mass is 10.2. The molecule has 0 aromatic heterocycles. The Bertz CT molecular complexity index is 691. The Hall–Kier alpha value is -3.41. The number of carboxylic acids is 1. The summed E-state index contributed by atoms with van der Waals surface area (Å²) < 4.78 is 0. The second-order valence-corrected chi connectivity index (χ2v) is 5.08. The van der Waals surface area contributed by atoms with Gasteiger partial charge in [0.2, 0.25) is 0 Å². The average molecular weight is 346 g/mol. The zero-order valence-corrected chi connectivity index (χ0v) is 13.4. The normalized spacial score (nSPS) is 10.6. The van der Waals surface area contributed by atoms with Crippen LogP contribution in [0.15, 0.2) is 36.0 Å². The van der Waals surface area contributed by atoms with Crippen LogP contribution in [0, 0.1) is 21.4 Å². The number of hydrogen-bond acceptors (Lipinski definition) is 6. The molecule has 0 heterocycles. The highest BCUT2D eigenvalue weighted by Gasteiger charge is 2.08. The van der Waals surface area contributed by atoms with Crippen LogP contribution in [-0.4, -0.2) is 28.5 Å². The van der Waals surface area contributed by atoms with Gasteiger partial charge in [0.05, 0.1) is 4.92 Å². The van der Waals surface area contributed by atoms with E-state index in [9.17, 15) is 19.7 Å². The standard InChI is InChI=1S/C16H18N4O5/c17-10-12(16(23)18-9-3-1-2-4-15(21)22)11-19-13-5-7-14(8-6-13)20(24)25/h5-8,11,19H,1-4,9H2,(H,18,23)(H,21,22)/b12-11-. The Kier molecular flexibility index (Phi) is 8.15. The summed E-state index contributed by atoms with van der Waals surface area (Å²) in [5, 5.41) is 33.4. The SMILES string of the molecule is N#C/C(=C/Nc1ccc([N+](=O)[O-])cc1)C(=O)NCCCCCC(=O)O. The van der Waals surface area contributed by atoms with E-state index in [0.717, 1.165) is 0 Å². The molecule has 9 heteroatoms. The van der Waals surface area contributed by atoms with Gasteiger partial charge in [-0.1, -0.05) is 6.42 Å². The maximum Gasteiger partial charge on any atom is 0.303 e. The summed E-state index contributed by atoms with van der Waals surface area (Å²) in [6, 6.07) is 7.30. The van der Waals surface area contributed by atoms with Gasteiger partial charge in [-0.3, -0.25) is 19.7 Å². The van der Waals surface area contributed by atoms with Gasteiger partial charge in [0, 0.05) is 37.0 Å². The lowest BCUT2D eigenvalue weighted by molar-refractivity contribution is -0.384. The molecule has 0 atom stereocenters. The van der Waals surface area contributed by atoms with Crippen molar-refractivity contribution < 1.29 is 19.6 Å². The molecular formula is C16H18N4O5. The molecule has 1 aromatic rings. The van der Waals surface area contributed by atoms with E-state index in [1.54, 1.807) is 6.07 Å². The van der Waals surface area contributed by atoms with E-state index < -0.39 is 16.8 Å². The fourth-order valence-corrected chi connectivity index (χ4v) is 1.86. The number of anilines is 1. The van der Waals surface area contributed by atoms with Crippen LogP contribution in [0.5, 0.6) is 0 Å². The number of carbonyl (C=O) groups excluding carboxylic acids is 1. The van der Waals surface area contributed by atoms with Gasteiger partial charge in [0.25, 0.3) is 11.6 Å². The minimum atomic E-state index is -0.851. The summed E-state index contributed by atoms with van der Waals surface area (Å²) in [5.41, 5.74) is 0.305. The van der Waals surface area contributed by atoms with Crippen LogP contribution in [0.3, 0.4) is 0 Å². The zero-order chi connectivity index (χ0) is 18.7. The zero-order valence-electron chi connectivity index (χ0n) is 13.4. The van der Waals surface area contributed by atoms with Crippen molar-refractivity contribution in [3.05, 3.63) is 46.2 Å². The molecule has 0 unspecified atom stereocenters. The molecule has 3 N–H and O–H groups in total. The van der Waals surface area contributed by atoms with Crippen molar-refractivity contribution in [3.63, 3.8) is 0 Å².